The highest BCUT2D eigenvalue weighted by Gasteiger charge is 2.12. The van der Waals surface area contributed by atoms with Crippen molar-refractivity contribution in [1.29, 1.82) is 0 Å². The molecule has 0 aliphatic rings. The number of nitro benzene ring substituents is 1. The fourth-order valence-corrected chi connectivity index (χ4v) is 2.78. The lowest BCUT2D eigenvalue weighted by Gasteiger charge is -2.08. The van der Waals surface area contributed by atoms with Crippen LogP contribution in [-0.2, 0) is 0 Å². The lowest BCUT2D eigenvalue weighted by atomic mass is 10.2. The van der Waals surface area contributed by atoms with E-state index in [0.29, 0.717) is 28.5 Å². The fourth-order valence-electron chi connectivity index (χ4n) is 2.78. The SMILES string of the molecule is O=C(NCCOc1ccc2nnc(-c3ccc(F)cc3)n2n1)c1ccc([N+](=O)[O-])cc1. The third-order valence-corrected chi connectivity index (χ3v) is 4.32. The number of ether oxygens (including phenoxy) is 1. The highest BCUT2D eigenvalue weighted by Crippen LogP contribution is 2.19. The van der Waals surface area contributed by atoms with Crippen LogP contribution in [0.3, 0.4) is 0 Å². The number of rotatable bonds is 7. The highest BCUT2D eigenvalue weighted by atomic mass is 19.1. The molecule has 0 radical (unpaired) electrons. The number of halogens is 1. The molecule has 0 aliphatic heterocycles. The van der Waals surface area contributed by atoms with E-state index in [1.165, 1.54) is 40.9 Å². The van der Waals surface area contributed by atoms with Crippen molar-refractivity contribution in [2.24, 2.45) is 0 Å². The molecule has 10 nitrogen and oxygen atoms in total. The van der Waals surface area contributed by atoms with Crippen molar-refractivity contribution in [2.75, 3.05) is 13.2 Å². The van der Waals surface area contributed by atoms with E-state index >= 15 is 0 Å². The second-order valence-electron chi connectivity index (χ2n) is 6.38. The zero-order valence-electron chi connectivity index (χ0n) is 15.9. The lowest BCUT2D eigenvalue weighted by molar-refractivity contribution is -0.384. The first kappa shape index (κ1) is 19.9. The number of non-ortho nitro benzene ring substituents is 1. The normalized spacial score (nSPS) is 10.7. The van der Waals surface area contributed by atoms with E-state index < -0.39 is 4.92 Å². The first-order valence-corrected chi connectivity index (χ1v) is 9.15. The van der Waals surface area contributed by atoms with Crippen molar-refractivity contribution in [3.05, 3.63) is 82.2 Å². The molecule has 4 rings (SSSR count). The van der Waals surface area contributed by atoms with Gasteiger partial charge in [-0.05, 0) is 42.5 Å². The number of fused-ring (bicyclic) bond motifs is 1. The molecule has 0 fully saturated rings. The van der Waals surface area contributed by atoms with E-state index in [2.05, 4.69) is 20.6 Å². The number of benzene rings is 2. The van der Waals surface area contributed by atoms with Gasteiger partial charge in [-0.15, -0.1) is 15.3 Å². The van der Waals surface area contributed by atoms with Gasteiger partial charge in [0.05, 0.1) is 11.5 Å². The van der Waals surface area contributed by atoms with Gasteiger partial charge in [0.2, 0.25) is 5.88 Å². The van der Waals surface area contributed by atoms with Crippen LogP contribution in [0.2, 0.25) is 0 Å². The van der Waals surface area contributed by atoms with Crippen LogP contribution in [0.1, 0.15) is 10.4 Å². The van der Waals surface area contributed by atoms with Crippen LogP contribution in [0.15, 0.2) is 60.7 Å². The minimum absolute atomic E-state index is 0.0876. The van der Waals surface area contributed by atoms with Crippen molar-refractivity contribution in [2.45, 2.75) is 0 Å². The van der Waals surface area contributed by atoms with Gasteiger partial charge in [-0.25, -0.2) is 4.39 Å². The predicted molar refractivity (Wildman–Crippen MR) is 107 cm³/mol. The van der Waals surface area contributed by atoms with E-state index in [9.17, 15) is 19.3 Å². The molecule has 1 N–H and O–H groups in total. The van der Waals surface area contributed by atoms with Crippen molar-refractivity contribution < 1.29 is 18.8 Å². The zero-order valence-corrected chi connectivity index (χ0v) is 15.9. The monoisotopic (exact) mass is 422 g/mol. The van der Waals surface area contributed by atoms with Crippen molar-refractivity contribution >= 4 is 17.2 Å². The number of aromatic nitrogens is 4. The molecular formula is C20H15FN6O4. The standard InChI is InChI=1S/C20H15FN6O4/c21-15-5-1-13(2-6-15)19-24-23-17-9-10-18(25-26(17)19)31-12-11-22-20(28)14-3-7-16(8-4-14)27(29)30/h1-10H,11-12H2,(H,22,28). The van der Waals surface area contributed by atoms with Gasteiger partial charge in [0.25, 0.3) is 11.6 Å². The number of carbonyl (C=O) groups excluding carboxylic acids is 1. The Morgan fingerprint density at radius 1 is 1.06 bits per heavy atom. The van der Waals surface area contributed by atoms with Crippen LogP contribution in [0.4, 0.5) is 10.1 Å². The van der Waals surface area contributed by atoms with Gasteiger partial charge in [-0.3, -0.25) is 14.9 Å². The van der Waals surface area contributed by atoms with E-state index in [4.69, 9.17) is 4.74 Å². The summed E-state index contributed by atoms with van der Waals surface area (Å²) < 4.78 is 20.2. The number of hydrogen-bond donors (Lipinski definition) is 1. The summed E-state index contributed by atoms with van der Waals surface area (Å²) in [7, 11) is 0. The third kappa shape index (κ3) is 4.45. The van der Waals surface area contributed by atoms with Crippen LogP contribution in [0.25, 0.3) is 17.0 Å². The maximum absolute atomic E-state index is 13.2. The Balaban J connectivity index is 1.37. The smallest absolute Gasteiger partial charge is 0.269 e. The molecule has 31 heavy (non-hydrogen) atoms. The molecule has 4 aromatic rings. The summed E-state index contributed by atoms with van der Waals surface area (Å²) in [5.74, 6) is -0.00295. The molecule has 2 heterocycles. The minimum atomic E-state index is -0.531. The zero-order chi connectivity index (χ0) is 21.8. The Morgan fingerprint density at radius 2 is 1.81 bits per heavy atom. The molecule has 0 bridgehead atoms. The van der Waals surface area contributed by atoms with Crippen LogP contribution < -0.4 is 10.1 Å². The minimum Gasteiger partial charge on any atom is -0.475 e. The van der Waals surface area contributed by atoms with Crippen LogP contribution >= 0.6 is 0 Å². The fraction of sp³-hybridized carbons (Fsp3) is 0.100. The van der Waals surface area contributed by atoms with Gasteiger partial charge in [-0.2, -0.15) is 4.52 Å². The molecule has 1 amide bonds. The van der Waals surface area contributed by atoms with Gasteiger partial charge in [0.15, 0.2) is 11.5 Å². The molecule has 2 aromatic heterocycles. The molecular weight excluding hydrogens is 407 g/mol. The average molecular weight is 422 g/mol. The Morgan fingerprint density at radius 3 is 2.52 bits per heavy atom. The Bertz CT molecular complexity index is 1240. The molecule has 156 valence electrons. The molecule has 0 aliphatic carbocycles. The molecule has 0 saturated carbocycles. The van der Waals surface area contributed by atoms with Crippen molar-refractivity contribution in [1.82, 2.24) is 25.1 Å². The molecule has 0 unspecified atom stereocenters. The van der Waals surface area contributed by atoms with Gasteiger partial charge in [-0.1, -0.05) is 0 Å². The average Bonchev–Trinajstić information content (AvgIpc) is 3.20. The summed E-state index contributed by atoms with van der Waals surface area (Å²) in [4.78, 5) is 22.2. The first-order valence-electron chi connectivity index (χ1n) is 9.15. The van der Waals surface area contributed by atoms with Crippen LogP contribution in [0, 0.1) is 15.9 Å². The van der Waals surface area contributed by atoms with Crippen molar-refractivity contribution in [3.63, 3.8) is 0 Å². The molecule has 0 atom stereocenters. The van der Waals surface area contributed by atoms with E-state index in [0.717, 1.165) is 0 Å². The second kappa shape index (κ2) is 8.53. The second-order valence-corrected chi connectivity index (χ2v) is 6.38. The summed E-state index contributed by atoms with van der Waals surface area (Å²) in [6, 6.07) is 14.4. The van der Waals surface area contributed by atoms with Gasteiger partial charge < -0.3 is 10.1 Å². The van der Waals surface area contributed by atoms with E-state index in [1.54, 1.807) is 24.3 Å². The summed E-state index contributed by atoms with van der Waals surface area (Å²) in [6.45, 7) is 0.341. The number of carbonyl (C=O) groups is 1. The summed E-state index contributed by atoms with van der Waals surface area (Å²) >= 11 is 0. The molecule has 0 saturated heterocycles. The summed E-state index contributed by atoms with van der Waals surface area (Å²) in [6.07, 6.45) is 0. The number of hydrogen-bond acceptors (Lipinski definition) is 7. The number of nitro groups is 1. The third-order valence-electron chi connectivity index (χ3n) is 4.32. The lowest BCUT2D eigenvalue weighted by Crippen LogP contribution is -2.28. The van der Waals surface area contributed by atoms with Gasteiger partial charge >= 0.3 is 0 Å². The largest absolute Gasteiger partial charge is 0.475 e. The number of nitrogens with one attached hydrogen (secondary N) is 1. The van der Waals surface area contributed by atoms with E-state index in [1.807, 2.05) is 0 Å². The van der Waals surface area contributed by atoms with Crippen LogP contribution in [0.5, 0.6) is 5.88 Å². The molecule has 2 aromatic carbocycles. The topological polar surface area (TPSA) is 125 Å². The van der Waals surface area contributed by atoms with Gasteiger partial charge in [0, 0.05) is 29.3 Å². The van der Waals surface area contributed by atoms with Crippen molar-refractivity contribution in [3.8, 4) is 17.3 Å². The Hall–Kier alpha value is -4.41. The highest BCUT2D eigenvalue weighted by molar-refractivity contribution is 5.94. The predicted octanol–water partition coefficient (Wildman–Crippen LogP) is 2.65. The molecule has 11 heteroatoms. The Kier molecular flexibility index (Phi) is 5.47. The van der Waals surface area contributed by atoms with E-state index in [-0.39, 0.29) is 30.6 Å². The first-order chi connectivity index (χ1) is 15.0. The maximum Gasteiger partial charge on any atom is 0.269 e. The maximum atomic E-state index is 13.2. The quantitative estimate of drug-likeness (QED) is 0.276. The number of amides is 1. The summed E-state index contributed by atoms with van der Waals surface area (Å²) in [5, 5.41) is 25.8. The van der Waals surface area contributed by atoms with Gasteiger partial charge in [0.1, 0.15) is 12.4 Å². The molecule has 0 spiro atoms. The Labute approximate surface area is 174 Å². The van der Waals surface area contributed by atoms with Crippen LogP contribution in [-0.4, -0.2) is 43.8 Å². The number of nitrogens with zero attached hydrogens (tertiary/aromatic N) is 5. The summed E-state index contributed by atoms with van der Waals surface area (Å²) in [5.41, 5.74) is 1.36.